The number of Topliss-reactive ketones (excluding diaryl/α,β-unsaturated/α-hetero) is 1. The molecule has 2 aromatic rings. The van der Waals surface area contributed by atoms with Crippen LogP contribution in [-0.2, 0) is 4.79 Å². The van der Waals surface area contributed by atoms with E-state index in [4.69, 9.17) is 0 Å². The molecule has 0 aliphatic rings. The summed E-state index contributed by atoms with van der Waals surface area (Å²) in [7, 11) is 0. The van der Waals surface area contributed by atoms with Crippen molar-refractivity contribution in [3.63, 3.8) is 0 Å². The van der Waals surface area contributed by atoms with E-state index in [2.05, 4.69) is 40.9 Å². The molecule has 1 amide bonds. The monoisotopic (exact) mass is 364 g/mol. The zero-order valence-electron chi connectivity index (χ0n) is 14.2. The van der Waals surface area contributed by atoms with E-state index < -0.39 is 0 Å². The van der Waals surface area contributed by atoms with Gasteiger partial charge >= 0.3 is 0 Å². The standard InChI is InChI=1S/C18H24N2O2S2/c1-3-20(4-2)15(14-9-11-23-13-14)12-19-18(22)8-7-16(21)17-6-5-10-24-17/h5-6,9-11,13,15H,3-4,7-8,12H2,1-2H3,(H,19,22). The normalized spacial score (nSPS) is 12.3. The second-order valence-corrected chi connectivity index (χ2v) is 7.23. The summed E-state index contributed by atoms with van der Waals surface area (Å²) in [5, 5.41) is 9.07. The third-order valence-corrected chi connectivity index (χ3v) is 5.66. The summed E-state index contributed by atoms with van der Waals surface area (Å²) < 4.78 is 0. The molecular formula is C18H24N2O2S2. The Morgan fingerprint density at radius 2 is 1.96 bits per heavy atom. The molecule has 0 saturated heterocycles. The molecule has 1 unspecified atom stereocenters. The van der Waals surface area contributed by atoms with Crippen LogP contribution in [0.4, 0.5) is 0 Å². The molecule has 0 radical (unpaired) electrons. The summed E-state index contributed by atoms with van der Waals surface area (Å²) >= 11 is 3.09. The van der Waals surface area contributed by atoms with E-state index in [-0.39, 0.29) is 30.6 Å². The molecule has 2 heterocycles. The third-order valence-electron chi connectivity index (χ3n) is 4.05. The molecule has 2 rings (SSSR count). The lowest BCUT2D eigenvalue weighted by atomic mass is 10.1. The van der Waals surface area contributed by atoms with E-state index in [0.717, 1.165) is 18.0 Å². The van der Waals surface area contributed by atoms with Gasteiger partial charge in [0.05, 0.1) is 10.9 Å². The molecule has 0 spiro atoms. The van der Waals surface area contributed by atoms with Crippen LogP contribution in [0.3, 0.4) is 0 Å². The van der Waals surface area contributed by atoms with Gasteiger partial charge in [0.1, 0.15) is 0 Å². The Bertz CT molecular complexity index is 620. The summed E-state index contributed by atoms with van der Waals surface area (Å²) in [5.41, 5.74) is 1.23. The number of hydrogen-bond acceptors (Lipinski definition) is 5. The second kappa shape index (κ2) is 9.71. The van der Waals surface area contributed by atoms with Crippen LogP contribution in [0.25, 0.3) is 0 Å². The number of ketones is 1. The quantitative estimate of drug-likeness (QED) is 0.649. The molecule has 4 nitrogen and oxygen atoms in total. The van der Waals surface area contributed by atoms with Crippen molar-refractivity contribution in [2.75, 3.05) is 19.6 Å². The average Bonchev–Trinajstić information content (AvgIpc) is 3.29. The van der Waals surface area contributed by atoms with Gasteiger partial charge in [-0.3, -0.25) is 14.5 Å². The van der Waals surface area contributed by atoms with Crippen molar-refractivity contribution in [1.29, 1.82) is 0 Å². The third kappa shape index (κ3) is 5.26. The van der Waals surface area contributed by atoms with Crippen LogP contribution < -0.4 is 5.32 Å². The molecule has 130 valence electrons. The molecule has 2 aromatic heterocycles. The fourth-order valence-corrected chi connectivity index (χ4v) is 4.07. The van der Waals surface area contributed by atoms with Crippen molar-refractivity contribution in [3.8, 4) is 0 Å². The lowest BCUT2D eigenvalue weighted by Gasteiger charge is -2.29. The average molecular weight is 365 g/mol. The summed E-state index contributed by atoms with van der Waals surface area (Å²) in [6.07, 6.45) is 0.506. The predicted molar refractivity (Wildman–Crippen MR) is 101 cm³/mol. The molecule has 0 aliphatic carbocycles. The molecule has 0 aromatic carbocycles. The maximum atomic E-state index is 12.1. The lowest BCUT2D eigenvalue weighted by molar-refractivity contribution is -0.121. The highest BCUT2D eigenvalue weighted by atomic mass is 32.1. The maximum Gasteiger partial charge on any atom is 0.220 e. The Balaban J connectivity index is 1.84. The highest BCUT2D eigenvalue weighted by Crippen LogP contribution is 2.22. The van der Waals surface area contributed by atoms with E-state index >= 15 is 0 Å². The Morgan fingerprint density at radius 3 is 2.54 bits per heavy atom. The van der Waals surface area contributed by atoms with Crippen LogP contribution in [0.1, 0.15) is 48.0 Å². The SMILES string of the molecule is CCN(CC)C(CNC(=O)CCC(=O)c1cccs1)c1ccsc1. The van der Waals surface area contributed by atoms with Crippen LogP contribution in [0, 0.1) is 0 Å². The first kappa shape index (κ1) is 18.8. The van der Waals surface area contributed by atoms with Crippen molar-refractivity contribution in [1.82, 2.24) is 10.2 Å². The predicted octanol–water partition coefficient (Wildman–Crippen LogP) is 3.97. The van der Waals surface area contributed by atoms with Gasteiger partial charge in [0, 0.05) is 19.4 Å². The Hall–Kier alpha value is -1.50. The lowest BCUT2D eigenvalue weighted by Crippen LogP contribution is -2.38. The number of carbonyl (C=O) groups excluding carboxylic acids is 2. The van der Waals surface area contributed by atoms with E-state index in [1.807, 2.05) is 11.4 Å². The van der Waals surface area contributed by atoms with Crippen molar-refractivity contribution in [3.05, 3.63) is 44.8 Å². The van der Waals surface area contributed by atoms with Gasteiger partial charge in [0.25, 0.3) is 0 Å². The molecule has 6 heteroatoms. The zero-order valence-corrected chi connectivity index (χ0v) is 15.8. The summed E-state index contributed by atoms with van der Waals surface area (Å²) in [4.78, 5) is 27.1. The number of carbonyl (C=O) groups is 2. The topological polar surface area (TPSA) is 49.4 Å². The molecule has 0 fully saturated rings. The van der Waals surface area contributed by atoms with Gasteiger partial charge in [-0.1, -0.05) is 19.9 Å². The molecule has 1 N–H and O–H groups in total. The molecule has 1 atom stereocenters. The van der Waals surface area contributed by atoms with E-state index in [1.165, 1.54) is 16.9 Å². The Morgan fingerprint density at radius 1 is 1.17 bits per heavy atom. The van der Waals surface area contributed by atoms with Gasteiger partial charge in [-0.25, -0.2) is 0 Å². The number of nitrogens with zero attached hydrogens (tertiary/aromatic N) is 1. The highest BCUT2D eigenvalue weighted by Gasteiger charge is 2.19. The van der Waals surface area contributed by atoms with E-state index in [1.54, 1.807) is 17.4 Å². The smallest absolute Gasteiger partial charge is 0.220 e. The van der Waals surface area contributed by atoms with Gasteiger partial charge in [0.2, 0.25) is 5.91 Å². The van der Waals surface area contributed by atoms with Gasteiger partial charge in [-0.05, 0) is 46.9 Å². The minimum atomic E-state index is -0.0627. The number of thiophene rings is 2. The van der Waals surface area contributed by atoms with Crippen LogP contribution >= 0.6 is 22.7 Å². The molecule has 0 saturated carbocycles. The maximum absolute atomic E-state index is 12.1. The summed E-state index contributed by atoms with van der Waals surface area (Å²) in [6, 6.07) is 5.95. The molecule has 0 aliphatic heterocycles. The van der Waals surface area contributed by atoms with Gasteiger partial charge < -0.3 is 5.32 Å². The van der Waals surface area contributed by atoms with Crippen molar-refractivity contribution in [2.45, 2.75) is 32.7 Å². The van der Waals surface area contributed by atoms with Crippen LogP contribution in [0.2, 0.25) is 0 Å². The van der Waals surface area contributed by atoms with Gasteiger partial charge in [-0.2, -0.15) is 11.3 Å². The largest absolute Gasteiger partial charge is 0.354 e. The van der Waals surface area contributed by atoms with Gasteiger partial charge in [0.15, 0.2) is 5.78 Å². The van der Waals surface area contributed by atoms with Gasteiger partial charge in [-0.15, -0.1) is 11.3 Å². The fourth-order valence-electron chi connectivity index (χ4n) is 2.67. The fraction of sp³-hybridized carbons (Fsp3) is 0.444. The van der Waals surface area contributed by atoms with Crippen molar-refractivity contribution >= 4 is 34.4 Å². The van der Waals surface area contributed by atoms with E-state index in [0.29, 0.717) is 6.54 Å². The van der Waals surface area contributed by atoms with Crippen LogP contribution in [0.15, 0.2) is 34.3 Å². The molecule has 24 heavy (non-hydrogen) atoms. The van der Waals surface area contributed by atoms with Crippen LogP contribution in [-0.4, -0.2) is 36.2 Å². The highest BCUT2D eigenvalue weighted by molar-refractivity contribution is 7.12. The Labute approximate surface area is 151 Å². The van der Waals surface area contributed by atoms with E-state index in [9.17, 15) is 9.59 Å². The first-order valence-corrected chi connectivity index (χ1v) is 10.1. The number of nitrogens with one attached hydrogen (secondary N) is 1. The molecular weight excluding hydrogens is 340 g/mol. The number of hydrogen-bond donors (Lipinski definition) is 1. The first-order chi connectivity index (χ1) is 11.7. The summed E-state index contributed by atoms with van der Waals surface area (Å²) in [5.74, 6) is -0.0226. The zero-order chi connectivity index (χ0) is 17.4. The first-order valence-electron chi connectivity index (χ1n) is 8.25. The van der Waals surface area contributed by atoms with Crippen LogP contribution in [0.5, 0.6) is 0 Å². The minimum absolute atomic E-state index is 0.0401. The Kier molecular flexibility index (Phi) is 7.62. The minimum Gasteiger partial charge on any atom is -0.354 e. The summed E-state index contributed by atoms with van der Waals surface area (Å²) in [6.45, 7) is 6.70. The molecule has 0 bridgehead atoms. The van der Waals surface area contributed by atoms with Crippen molar-refractivity contribution in [2.24, 2.45) is 0 Å². The van der Waals surface area contributed by atoms with Crippen molar-refractivity contribution < 1.29 is 9.59 Å². The number of rotatable bonds is 10. The number of amides is 1. The number of likely N-dealkylation sites (N-methyl/N-ethyl adjacent to an activating group) is 1. The second-order valence-electron chi connectivity index (χ2n) is 5.50.